The minimum Gasteiger partial charge on any atom is -0.302 e. The van der Waals surface area contributed by atoms with Crippen molar-refractivity contribution in [2.24, 2.45) is 0 Å². The van der Waals surface area contributed by atoms with Crippen LogP contribution >= 0.6 is 0 Å². The van der Waals surface area contributed by atoms with Gasteiger partial charge in [-0.2, -0.15) is 5.10 Å². The summed E-state index contributed by atoms with van der Waals surface area (Å²) in [6.07, 6.45) is 1.64. The van der Waals surface area contributed by atoms with Gasteiger partial charge in [0.05, 0.1) is 0 Å². The van der Waals surface area contributed by atoms with Crippen molar-refractivity contribution < 1.29 is 0 Å². The van der Waals surface area contributed by atoms with Gasteiger partial charge in [-0.25, -0.2) is 5.01 Å². The third-order valence-corrected chi connectivity index (χ3v) is 0.910. The first kappa shape index (κ1) is 6.95. The number of hydrogen-bond acceptors (Lipinski definition) is 4. The average molecular weight is 138 g/mol. The molecule has 0 saturated heterocycles. The highest BCUT2D eigenvalue weighted by Gasteiger charge is 1.90. The van der Waals surface area contributed by atoms with E-state index in [0.717, 1.165) is 5.82 Å². The van der Waals surface area contributed by atoms with Crippen molar-refractivity contribution in [3.63, 3.8) is 0 Å². The van der Waals surface area contributed by atoms with Gasteiger partial charge in [0.25, 0.3) is 0 Å². The zero-order valence-corrected chi connectivity index (χ0v) is 6.07. The average Bonchev–Trinajstić information content (AvgIpc) is 1.88. The fourth-order valence-corrected chi connectivity index (χ4v) is 0.590. The van der Waals surface area contributed by atoms with E-state index in [4.69, 9.17) is 0 Å². The summed E-state index contributed by atoms with van der Waals surface area (Å²) in [6.45, 7) is 0. The first-order valence-corrected chi connectivity index (χ1v) is 3.01. The van der Waals surface area contributed by atoms with Crippen molar-refractivity contribution in [3.8, 4) is 0 Å². The van der Waals surface area contributed by atoms with Crippen molar-refractivity contribution >= 4 is 5.82 Å². The molecule has 0 aliphatic carbocycles. The summed E-state index contributed by atoms with van der Waals surface area (Å²) in [4.78, 5) is 0. The topological polar surface area (TPSA) is 41.0 Å². The molecule has 0 unspecified atom stereocenters. The van der Waals surface area contributed by atoms with Crippen LogP contribution in [-0.2, 0) is 0 Å². The molecular formula is C6H10N4. The first-order chi connectivity index (χ1) is 4.79. The highest BCUT2D eigenvalue weighted by atomic mass is 15.5. The summed E-state index contributed by atoms with van der Waals surface area (Å²) >= 11 is 0. The van der Waals surface area contributed by atoms with Crippen LogP contribution in [0.3, 0.4) is 0 Å². The molecule has 4 nitrogen and oxygen atoms in total. The molecule has 0 spiro atoms. The molecule has 1 aromatic heterocycles. The van der Waals surface area contributed by atoms with Gasteiger partial charge in [-0.3, -0.25) is 0 Å². The molecule has 0 amide bonds. The van der Waals surface area contributed by atoms with E-state index in [2.05, 4.69) is 15.6 Å². The van der Waals surface area contributed by atoms with Crippen LogP contribution in [0.25, 0.3) is 0 Å². The number of hydrogen-bond donors (Lipinski definition) is 1. The maximum Gasteiger partial charge on any atom is 0.162 e. The van der Waals surface area contributed by atoms with Crippen molar-refractivity contribution in [3.05, 3.63) is 18.3 Å². The monoisotopic (exact) mass is 138 g/mol. The standard InChI is InChI=1S/C6H10N4/c1-10(2)9-6-4-3-5-7-8-6/h3-5H,1-2H3,(H,8,9). The zero-order chi connectivity index (χ0) is 7.40. The first-order valence-electron chi connectivity index (χ1n) is 3.01. The molecule has 0 aliphatic rings. The number of nitrogens with zero attached hydrogens (tertiary/aromatic N) is 3. The molecule has 1 aromatic rings. The van der Waals surface area contributed by atoms with E-state index in [1.807, 2.05) is 31.2 Å². The van der Waals surface area contributed by atoms with Gasteiger partial charge in [0.1, 0.15) is 0 Å². The van der Waals surface area contributed by atoms with Crippen molar-refractivity contribution in [1.82, 2.24) is 15.2 Å². The molecule has 4 heteroatoms. The highest BCUT2D eigenvalue weighted by molar-refractivity contribution is 5.29. The van der Waals surface area contributed by atoms with E-state index in [1.54, 1.807) is 6.20 Å². The maximum atomic E-state index is 3.82. The number of aromatic nitrogens is 2. The molecule has 0 atom stereocenters. The molecule has 0 saturated carbocycles. The number of nitrogens with one attached hydrogen (secondary N) is 1. The van der Waals surface area contributed by atoms with Crippen LogP contribution in [0.15, 0.2) is 18.3 Å². The van der Waals surface area contributed by atoms with E-state index >= 15 is 0 Å². The molecule has 0 bridgehead atoms. The van der Waals surface area contributed by atoms with E-state index in [1.165, 1.54) is 0 Å². The van der Waals surface area contributed by atoms with E-state index < -0.39 is 0 Å². The summed E-state index contributed by atoms with van der Waals surface area (Å²) in [6, 6.07) is 3.69. The van der Waals surface area contributed by atoms with Crippen LogP contribution in [0.1, 0.15) is 0 Å². The molecule has 10 heavy (non-hydrogen) atoms. The minimum atomic E-state index is 0.757. The molecule has 0 radical (unpaired) electrons. The summed E-state index contributed by atoms with van der Waals surface area (Å²) in [5.74, 6) is 0.757. The van der Waals surface area contributed by atoms with Gasteiger partial charge in [-0.05, 0) is 12.1 Å². The quantitative estimate of drug-likeness (QED) is 0.599. The van der Waals surface area contributed by atoms with Crippen LogP contribution in [0, 0.1) is 0 Å². The fourth-order valence-electron chi connectivity index (χ4n) is 0.590. The van der Waals surface area contributed by atoms with Crippen LogP contribution in [0.2, 0.25) is 0 Å². The molecule has 0 aromatic carbocycles. The predicted octanol–water partition coefficient (Wildman–Crippen LogP) is 0.365. The molecule has 0 aliphatic heterocycles. The SMILES string of the molecule is CN(C)Nc1cccnn1. The summed E-state index contributed by atoms with van der Waals surface area (Å²) in [5, 5.41) is 9.32. The van der Waals surface area contributed by atoms with Crippen LogP contribution < -0.4 is 5.43 Å². The van der Waals surface area contributed by atoms with Crippen LogP contribution in [0.5, 0.6) is 0 Å². The Morgan fingerprint density at radius 1 is 1.50 bits per heavy atom. The normalized spacial score (nSPS) is 9.90. The Kier molecular flexibility index (Phi) is 2.17. The predicted molar refractivity (Wildman–Crippen MR) is 39.3 cm³/mol. The molecule has 1 heterocycles. The molecule has 1 N–H and O–H groups in total. The fraction of sp³-hybridized carbons (Fsp3) is 0.333. The Bertz CT molecular complexity index is 184. The van der Waals surface area contributed by atoms with Gasteiger partial charge < -0.3 is 5.43 Å². The lowest BCUT2D eigenvalue weighted by atomic mass is 10.5. The molecular weight excluding hydrogens is 128 g/mol. The Morgan fingerprint density at radius 3 is 2.80 bits per heavy atom. The second-order valence-electron chi connectivity index (χ2n) is 2.12. The third-order valence-electron chi connectivity index (χ3n) is 0.910. The van der Waals surface area contributed by atoms with Crippen molar-refractivity contribution in [2.75, 3.05) is 19.5 Å². The van der Waals surface area contributed by atoms with Gasteiger partial charge in [0.15, 0.2) is 5.82 Å². The number of hydrazine groups is 1. The van der Waals surface area contributed by atoms with Crippen LogP contribution in [0.4, 0.5) is 5.82 Å². The van der Waals surface area contributed by atoms with E-state index in [0.29, 0.717) is 0 Å². The zero-order valence-electron chi connectivity index (χ0n) is 6.07. The molecule has 0 fully saturated rings. The number of rotatable bonds is 2. The van der Waals surface area contributed by atoms with Gasteiger partial charge >= 0.3 is 0 Å². The molecule has 1 rings (SSSR count). The second kappa shape index (κ2) is 3.12. The number of anilines is 1. The minimum absolute atomic E-state index is 0.757. The third kappa shape index (κ3) is 1.99. The lowest BCUT2D eigenvalue weighted by Crippen LogP contribution is -2.20. The van der Waals surface area contributed by atoms with Crippen molar-refractivity contribution in [1.29, 1.82) is 0 Å². The van der Waals surface area contributed by atoms with Crippen molar-refractivity contribution in [2.45, 2.75) is 0 Å². The molecule has 54 valence electrons. The summed E-state index contributed by atoms with van der Waals surface area (Å²) < 4.78 is 0. The summed E-state index contributed by atoms with van der Waals surface area (Å²) in [7, 11) is 3.80. The largest absolute Gasteiger partial charge is 0.302 e. The van der Waals surface area contributed by atoms with E-state index in [9.17, 15) is 0 Å². The lowest BCUT2D eigenvalue weighted by Gasteiger charge is -2.10. The van der Waals surface area contributed by atoms with Crippen LogP contribution in [-0.4, -0.2) is 29.3 Å². The highest BCUT2D eigenvalue weighted by Crippen LogP contribution is 1.96. The Hall–Kier alpha value is -1.16. The van der Waals surface area contributed by atoms with Gasteiger partial charge in [0, 0.05) is 20.3 Å². The maximum absolute atomic E-state index is 3.82. The van der Waals surface area contributed by atoms with E-state index in [-0.39, 0.29) is 0 Å². The summed E-state index contributed by atoms with van der Waals surface area (Å²) in [5.41, 5.74) is 2.96. The lowest BCUT2D eigenvalue weighted by molar-refractivity contribution is 0.491. The second-order valence-corrected chi connectivity index (χ2v) is 2.12. The smallest absolute Gasteiger partial charge is 0.162 e. The Balaban J connectivity index is 2.59. The Morgan fingerprint density at radius 2 is 2.30 bits per heavy atom. The van der Waals surface area contributed by atoms with Gasteiger partial charge in [-0.15, -0.1) is 5.10 Å². The Labute approximate surface area is 59.8 Å². The van der Waals surface area contributed by atoms with Gasteiger partial charge in [-0.1, -0.05) is 0 Å². The van der Waals surface area contributed by atoms with Gasteiger partial charge in [0.2, 0.25) is 0 Å².